The van der Waals surface area contributed by atoms with Crippen LogP contribution in [0.15, 0.2) is 29.1 Å². The average molecular weight is 285 g/mol. The van der Waals surface area contributed by atoms with Crippen LogP contribution >= 0.6 is 11.3 Å². The van der Waals surface area contributed by atoms with Crippen molar-refractivity contribution < 1.29 is 4.79 Å². The highest BCUT2D eigenvalue weighted by molar-refractivity contribution is 7.07. The Morgan fingerprint density at radius 3 is 3.00 bits per heavy atom. The molecule has 0 atom stereocenters. The number of hydrogen-bond donors (Lipinski definition) is 2. The summed E-state index contributed by atoms with van der Waals surface area (Å²) in [5.74, 6) is 5.61. The van der Waals surface area contributed by atoms with E-state index >= 15 is 0 Å². The summed E-state index contributed by atoms with van der Waals surface area (Å²) in [7, 11) is 0. The Bertz CT molecular complexity index is 653. The average Bonchev–Trinajstić information content (AvgIpc) is 2.95. The number of carbonyl (C=O) groups is 1. The number of hydrogen-bond acceptors (Lipinski definition) is 4. The van der Waals surface area contributed by atoms with Gasteiger partial charge in [-0.1, -0.05) is 11.8 Å². The summed E-state index contributed by atoms with van der Waals surface area (Å²) >= 11 is 1.51. The second kappa shape index (κ2) is 6.85. The summed E-state index contributed by atoms with van der Waals surface area (Å²) < 4.78 is 0. The molecule has 1 amide bonds. The lowest BCUT2D eigenvalue weighted by atomic mass is 10.1. The van der Waals surface area contributed by atoms with Gasteiger partial charge in [0, 0.05) is 16.5 Å². The monoisotopic (exact) mass is 285 g/mol. The van der Waals surface area contributed by atoms with Crippen molar-refractivity contribution in [3.63, 3.8) is 0 Å². The Labute approximate surface area is 122 Å². The number of nitrogens with one attached hydrogen (secondary N) is 1. The van der Waals surface area contributed by atoms with Crippen LogP contribution in [0.3, 0.4) is 0 Å². The second-order valence-corrected chi connectivity index (χ2v) is 4.97. The van der Waals surface area contributed by atoms with E-state index in [4.69, 9.17) is 5.73 Å². The molecule has 0 aliphatic rings. The number of aromatic nitrogens is 1. The summed E-state index contributed by atoms with van der Waals surface area (Å²) in [4.78, 5) is 16.2. The van der Waals surface area contributed by atoms with E-state index in [0.29, 0.717) is 18.7 Å². The Balaban J connectivity index is 2.10. The molecule has 5 heteroatoms. The number of amides is 1. The van der Waals surface area contributed by atoms with Gasteiger partial charge in [-0.3, -0.25) is 4.79 Å². The fourth-order valence-electron chi connectivity index (χ4n) is 1.74. The molecular weight excluding hydrogens is 270 g/mol. The largest absolute Gasteiger partial charge is 0.346 e. The van der Waals surface area contributed by atoms with Crippen LogP contribution in [0.1, 0.15) is 27.2 Å². The minimum absolute atomic E-state index is 0.127. The quantitative estimate of drug-likeness (QED) is 0.843. The molecule has 1 heterocycles. The highest BCUT2D eigenvalue weighted by Gasteiger charge is 2.07. The topological polar surface area (TPSA) is 68.0 Å². The Hall–Kier alpha value is -2.16. The van der Waals surface area contributed by atoms with Crippen LogP contribution in [0.4, 0.5) is 0 Å². The maximum absolute atomic E-state index is 12.1. The van der Waals surface area contributed by atoms with Crippen molar-refractivity contribution in [3.8, 4) is 11.8 Å². The van der Waals surface area contributed by atoms with Crippen LogP contribution < -0.4 is 11.1 Å². The summed E-state index contributed by atoms with van der Waals surface area (Å²) in [6.45, 7) is 2.67. The first-order valence-corrected chi connectivity index (χ1v) is 7.09. The van der Waals surface area contributed by atoms with Gasteiger partial charge >= 0.3 is 0 Å². The van der Waals surface area contributed by atoms with Crippen molar-refractivity contribution in [3.05, 3.63) is 51.5 Å². The maximum Gasteiger partial charge on any atom is 0.251 e. The molecule has 0 spiro atoms. The van der Waals surface area contributed by atoms with E-state index in [2.05, 4.69) is 22.1 Å². The molecule has 0 bridgehead atoms. The zero-order chi connectivity index (χ0) is 14.4. The fourth-order valence-corrected chi connectivity index (χ4v) is 2.30. The standard InChI is InChI=1S/C15H15N3OS/c1-11-5-12(3-2-4-16)7-13(6-11)15(19)17-8-14-9-20-10-18-14/h5-7,9-10H,4,8,16H2,1H3,(H,17,19). The molecule has 0 unspecified atom stereocenters. The second-order valence-electron chi connectivity index (χ2n) is 4.26. The first kappa shape index (κ1) is 14.3. The van der Waals surface area contributed by atoms with Gasteiger partial charge in [-0.2, -0.15) is 0 Å². The summed E-state index contributed by atoms with van der Waals surface area (Å²) in [5, 5.41) is 4.76. The normalized spacial score (nSPS) is 9.70. The molecule has 1 aromatic heterocycles. The highest BCUT2D eigenvalue weighted by Crippen LogP contribution is 2.09. The van der Waals surface area contributed by atoms with E-state index in [1.807, 2.05) is 24.4 Å². The molecule has 0 saturated carbocycles. The van der Waals surface area contributed by atoms with Gasteiger partial charge in [0.25, 0.3) is 5.91 Å². The van der Waals surface area contributed by atoms with Crippen LogP contribution in [0, 0.1) is 18.8 Å². The van der Waals surface area contributed by atoms with Crippen molar-refractivity contribution in [2.75, 3.05) is 6.54 Å². The number of aryl methyl sites for hydroxylation is 1. The predicted molar refractivity (Wildman–Crippen MR) is 80.4 cm³/mol. The highest BCUT2D eigenvalue weighted by atomic mass is 32.1. The first-order valence-electron chi connectivity index (χ1n) is 6.15. The van der Waals surface area contributed by atoms with Gasteiger partial charge in [-0.15, -0.1) is 11.3 Å². The zero-order valence-corrected chi connectivity index (χ0v) is 12.0. The predicted octanol–water partition coefficient (Wildman–Crippen LogP) is 1.69. The van der Waals surface area contributed by atoms with Gasteiger partial charge in [0.2, 0.25) is 0 Å². The maximum atomic E-state index is 12.1. The molecule has 4 nitrogen and oxygen atoms in total. The number of thiazole rings is 1. The molecule has 102 valence electrons. The van der Waals surface area contributed by atoms with Gasteiger partial charge in [0.1, 0.15) is 0 Å². The molecule has 2 rings (SSSR count). The molecule has 2 aromatic rings. The third-order valence-corrected chi connectivity index (χ3v) is 3.22. The van der Waals surface area contributed by atoms with Crippen molar-refractivity contribution >= 4 is 17.2 Å². The van der Waals surface area contributed by atoms with E-state index in [9.17, 15) is 4.79 Å². The number of benzene rings is 1. The van der Waals surface area contributed by atoms with Gasteiger partial charge in [-0.05, 0) is 30.7 Å². The molecule has 1 aromatic carbocycles. The van der Waals surface area contributed by atoms with Crippen molar-refractivity contribution in [1.82, 2.24) is 10.3 Å². The van der Waals surface area contributed by atoms with E-state index in [1.54, 1.807) is 11.6 Å². The molecular formula is C15H15N3OS. The van der Waals surface area contributed by atoms with Gasteiger partial charge in [0.05, 0.1) is 24.3 Å². The summed E-state index contributed by atoms with van der Waals surface area (Å²) in [6.07, 6.45) is 0. The molecule has 0 radical (unpaired) electrons. The van der Waals surface area contributed by atoms with Crippen LogP contribution in [0.25, 0.3) is 0 Å². The molecule has 0 aliphatic carbocycles. The number of carbonyl (C=O) groups excluding carboxylic acids is 1. The number of nitrogens with zero attached hydrogens (tertiary/aromatic N) is 1. The zero-order valence-electron chi connectivity index (χ0n) is 11.1. The SMILES string of the molecule is Cc1cc(C#CCN)cc(C(=O)NCc2cscn2)c1. The first-order chi connectivity index (χ1) is 9.69. The summed E-state index contributed by atoms with van der Waals surface area (Å²) in [6, 6.07) is 5.54. The molecule has 0 fully saturated rings. The van der Waals surface area contributed by atoms with Crippen molar-refractivity contribution in [1.29, 1.82) is 0 Å². The Morgan fingerprint density at radius 1 is 1.45 bits per heavy atom. The molecule has 0 saturated heterocycles. The van der Waals surface area contributed by atoms with Crippen LogP contribution in [-0.4, -0.2) is 17.4 Å². The lowest BCUT2D eigenvalue weighted by Gasteiger charge is -2.05. The minimum atomic E-state index is -0.127. The Morgan fingerprint density at radius 2 is 2.30 bits per heavy atom. The molecule has 20 heavy (non-hydrogen) atoms. The number of rotatable bonds is 3. The van der Waals surface area contributed by atoms with Crippen LogP contribution in [-0.2, 0) is 6.54 Å². The van der Waals surface area contributed by atoms with E-state index < -0.39 is 0 Å². The third-order valence-electron chi connectivity index (χ3n) is 2.59. The third kappa shape index (κ3) is 3.92. The number of nitrogens with two attached hydrogens (primary N) is 1. The van der Waals surface area contributed by atoms with Gasteiger partial charge in [0.15, 0.2) is 0 Å². The molecule has 3 N–H and O–H groups in total. The lowest BCUT2D eigenvalue weighted by molar-refractivity contribution is 0.0950. The Kier molecular flexibility index (Phi) is 4.88. The van der Waals surface area contributed by atoms with Gasteiger partial charge in [-0.25, -0.2) is 4.98 Å². The minimum Gasteiger partial charge on any atom is -0.346 e. The lowest BCUT2D eigenvalue weighted by Crippen LogP contribution is -2.23. The molecule has 0 aliphatic heterocycles. The summed E-state index contributed by atoms with van der Waals surface area (Å²) in [5.41, 5.74) is 10.4. The van der Waals surface area contributed by atoms with Crippen molar-refractivity contribution in [2.24, 2.45) is 5.73 Å². The smallest absolute Gasteiger partial charge is 0.251 e. The van der Waals surface area contributed by atoms with Gasteiger partial charge < -0.3 is 11.1 Å². The van der Waals surface area contributed by atoms with E-state index in [-0.39, 0.29) is 5.91 Å². The fraction of sp³-hybridized carbons (Fsp3) is 0.200. The van der Waals surface area contributed by atoms with E-state index in [1.165, 1.54) is 11.3 Å². The van der Waals surface area contributed by atoms with E-state index in [0.717, 1.165) is 16.8 Å². The van der Waals surface area contributed by atoms with Crippen molar-refractivity contribution in [2.45, 2.75) is 13.5 Å². The van der Waals surface area contributed by atoms with Crippen LogP contribution in [0.5, 0.6) is 0 Å². The van der Waals surface area contributed by atoms with Crippen LogP contribution in [0.2, 0.25) is 0 Å².